The van der Waals surface area contributed by atoms with E-state index < -0.39 is 0 Å². The Bertz CT molecular complexity index is 578. The number of carbonyl (C=O) groups is 1. The van der Waals surface area contributed by atoms with Gasteiger partial charge in [0.2, 0.25) is 0 Å². The van der Waals surface area contributed by atoms with E-state index in [1.807, 2.05) is 18.2 Å². The summed E-state index contributed by atoms with van der Waals surface area (Å²) in [5.74, 6) is 0.745. The number of hydrogen-bond donors (Lipinski definition) is 0. The quantitative estimate of drug-likeness (QED) is 0.816. The standard InChI is InChI=1S/C13H13BrN2O2/c1-16-8-10(7-15-16)12(17)6-9-5-11(14)3-4-13(9)18-2/h3-5,7-8H,6H2,1-2H3. The van der Waals surface area contributed by atoms with Gasteiger partial charge in [-0.2, -0.15) is 5.10 Å². The van der Waals surface area contributed by atoms with Crippen molar-refractivity contribution in [1.82, 2.24) is 9.78 Å². The number of hydrogen-bond acceptors (Lipinski definition) is 3. The minimum atomic E-state index is 0.0273. The van der Waals surface area contributed by atoms with Gasteiger partial charge in [-0.25, -0.2) is 0 Å². The van der Waals surface area contributed by atoms with E-state index >= 15 is 0 Å². The van der Waals surface area contributed by atoms with E-state index in [0.29, 0.717) is 12.0 Å². The molecule has 0 saturated heterocycles. The monoisotopic (exact) mass is 308 g/mol. The number of halogens is 1. The van der Waals surface area contributed by atoms with Crippen LogP contribution in [-0.2, 0) is 13.5 Å². The Kier molecular flexibility index (Phi) is 3.81. The number of rotatable bonds is 4. The van der Waals surface area contributed by atoms with Crippen LogP contribution < -0.4 is 4.74 Å². The molecule has 4 nitrogen and oxygen atoms in total. The van der Waals surface area contributed by atoms with Crippen LogP contribution in [-0.4, -0.2) is 22.7 Å². The van der Waals surface area contributed by atoms with Crippen LogP contribution >= 0.6 is 15.9 Å². The van der Waals surface area contributed by atoms with Crippen LogP contribution in [0.15, 0.2) is 35.1 Å². The Morgan fingerprint density at radius 3 is 2.89 bits per heavy atom. The van der Waals surface area contributed by atoms with Crippen LogP contribution in [0.25, 0.3) is 0 Å². The van der Waals surface area contributed by atoms with E-state index in [9.17, 15) is 4.79 Å². The van der Waals surface area contributed by atoms with E-state index in [4.69, 9.17) is 4.74 Å². The molecule has 0 bridgehead atoms. The van der Waals surface area contributed by atoms with Gasteiger partial charge < -0.3 is 4.74 Å². The highest BCUT2D eigenvalue weighted by molar-refractivity contribution is 9.10. The Morgan fingerprint density at radius 1 is 1.50 bits per heavy atom. The van der Waals surface area contributed by atoms with Gasteiger partial charge in [0.15, 0.2) is 5.78 Å². The van der Waals surface area contributed by atoms with Crippen molar-refractivity contribution >= 4 is 21.7 Å². The summed E-state index contributed by atoms with van der Waals surface area (Å²) in [5, 5.41) is 3.99. The normalized spacial score (nSPS) is 10.4. The van der Waals surface area contributed by atoms with Crippen molar-refractivity contribution in [2.24, 2.45) is 7.05 Å². The summed E-state index contributed by atoms with van der Waals surface area (Å²) in [7, 11) is 3.39. The van der Waals surface area contributed by atoms with Crippen LogP contribution in [0.4, 0.5) is 0 Å². The first-order chi connectivity index (χ1) is 8.60. The van der Waals surface area contributed by atoms with Gasteiger partial charge in [0, 0.05) is 29.7 Å². The molecular formula is C13H13BrN2O2. The number of ether oxygens (including phenoxy) is 1. The number of Topliss-reactive ketones (excluding diaryl/α,β-unsaturated/α-hetero) is 1. The van der Waals surface area contributed by atoms with Crippen molar-refractivity contribution in [3.8, 4) is 5.75 Å². The molecular weight excluding hydrogens is 296 g/mol. The highest BCUT2D eigenvalue weighted by Gasteiger charge is 2.12. The number of methoxy groups -OCH3 is 1. The average molecular weight is 309 g/mol. The summed E-state index contributed by atoms with van der Waals surface area (Å²) in [4.78, 5) is 12.1. The molecule has 0 unspecified atom stereocenters. The number of carbonyl (C=O) groups excluding carboxylic acids is 1. The van der Waals surface area contributed by atoms with Crippen LogP contribution in [0, 0.1) is 0 Å². The fourth-order valence-corrected chi connectivity index (χ4v) is 2.13. The van der Waals surface area contributed by atoms with Crippen molar-refractivity contribution in [1.29, 1.82) is 0 Å². The van der Waals surface area contributed by atoms with E-state index in [1.54, 1.807) is 31.2 Å². The number of nitrogens with zero attached hydrogens (tertiary/aromatic N) is 2. The lowest BCUT2D eigenvalue weighted by Crippen LogP contribution is -2.04. The third-order valence-electron chi connectivity index (χ3n) is 2.62. The number of ketones is 1. The number of aryl methyl sites for hydroxylation is 1. The van der Waals surface area contributed by atoms with Crippen molar-refractivity contribution in [2.75, 3.05) is 7.11 Å². The molecule has 2 rings (SSSR count). The third-order valence-corrected chi connectivity index (χ3v) is 3.11. The van der Waals surface area contributed by atoms with E-state index in [1.165, 1.54) is 0 Å². The minimum absolute atomic E-state index is 0.0273. The lowest BCUT2D eigenvalue weighted by atomic mass is 10.0. The Labute approximate surface area is 114 Å². The second kappa shape index (κ2) is 5.35. The maximum absolute atomic E-state index is 12.1. The van der Waals surface area contributed by atoms with Crippen molar-refractivity contribution in [3.05, 3.63) is 46.2 Å². The zero-order chi connectivity index (χ0) is 13.1. The van der Waals surface area contributed by atoms with Gasteiger partial charge in [-0.3, -0.25) is 9.48 Å². The zero-order valence-corrected chi connectivity index (χ0v) is 11.8. The minimum Gasteiger partial charge on any atom is -0.496 e. The summed E-state index contributed by atoms with van der Waals surface area (Å²) in [5.41, 5.74) is 1.47. The molecule has 94 valence electrons. The molecule has 0 radical (unpaired) electrons. The zero-order valence-electron chi connectivity index (χ0n) is 10.2. The van der Waals surface area contributed by atoms with Crippen LogP contribution in [0.2, 0.25) is 0 Å². The van der Waals surface area contributed by atoms with Crippen LogP contribution in [0.5, 0.6) is 5.75 Å². The van der Waals surface area contributed by atoms with Crippen LogP contribution in [0.1, 0.15) is 15.9 Å². The van der Waals surface area contributed by atoms with Gasteiger partial charge in [-0.05, 0) is 18.2 Å². The van der Waals surface area contributed by atoms with Gasteiger partial charge in [0.25, 0.3) is 0 Å². The Hall–Kier alpha value is -1.62. The SMILES string of the molecule is COc1ccc(Br)cc1CC(=O)c1cnn(C)c1. The first kappa shape index (κ1) is 12.8. The highest BCUT2D eigenvalue weighted by atomic mass is 79.9. The second-order valence-corrected chi connectivity index (χ2v) is 4.87. The molecule has 1 aromatic heterocycles. The molecule has 18 heavy (non-hydrogen) atoms. The van der Waals surface area contributed by atoms with Gasteiger partial charge >= 0.3 is 0 Å². The summed E-state index contributed by atoms with van der Waals surface area (Å²) in [6, 6.07) is 5.62. The predicted molar refractivity (Wildman–Crippen MR) is 71.9 cm³/mol. The molecule has 0 aliphatic carbocycles. The molecule has 0 atom stereocenters. The summed E-state index contributed by atoms with van der Waals surface area (Å²) >= 11 is 3.39. The van der Waals surface area contributed by atoms with Crippen molar-refractivity contribution in [2.45, 2.75) is 6.42 Å². The van der Waals surface area contributed by atoms with Gasteiger partial charge in [0.1, 0.15) is 5.75 Å². The van der Waals surface area contributed by atoms with E-state index in [-0.39, 0.29) is 5.78 Å². The predicted octanol–water partition coefficient (Wildman–Crippen LogP) is 2.62. The molecule has 5 heteroatoms. The maximum Gasteiger partial charge on any atom is 0.170 e. The first-order valence-corrected chi connectivity index (χ1v) is 6.23. The van der Waals surface area contributed by atoms with E-state index in [2.05, 4.69) is 21.0 Å². The van der Waals surface area contributed by atoms with Gasteiger partial charge in [-0.1, -0.05) is 15.9 Å². The topological polar surface area (TPSA) is 44.1 Å². The smallest absolute Gasteiger partial charge is 0.170 e. The molecule has 0 N–H and O–H groups in total. The van der Waals surface area contributed by atoms with Crippen LogP contribution in [0.3, 0.4) is 0 Å². The first-order valence-electron chi connectivity index (χ1n) is 5.44. The lowest BCUT2D eigenvalue weighted by molar-refractivity contribution is 0.0992. The van der Waals surface area contributed by atoms with Gasteiger partial charge in [0.05, 0.1) is 18.9 Å². The Morgan fingerprint density at radius 2 is 2.28 bits per heavy atom. The molecule has 0 saturated carbocycles. The summed E-state index contributed by atoms with van der Waals surface area (Å²) in [6.07, 6.45) is 3.59. The lowest BCUT2D eigenvalue weighted by Gasteiger charge is -2.07. The molecule has 1 heterocycles. The Balaban J connectivity index is 2.23. The maximum atomic E-state index is 12.1. The number of aromatic nitrogens is 2. The molecule has 1 aromatic carbocycles. The van der Waals surface area contributed by atoms with Crippen molar-refractivity contribution in [3.63, 3.8) is 0 Å². The molecule has 2 aromatic rings. The number of benzene rings is 1. The average Bonchev–Trinajstić information content (AvgIpc) is 2.76. The third kappa shape index (κ3) is 2.79. The summed E-state index contributed by atoms with van der Waals surface area (Å²) < 4.78 is 7.79. The van der Waals surface area contributed by atoms with Crippen molar-refractivity contribution < 1.29 is 9.53 Å². The molecule has 0 aliphatic rings. The molecule has 0 aliphatic heterocycles. The summed E-state index contributed by atoms with van der Waals surface area (Å²) in [6.45, 7) is 0. The highest BCUT2D eigenvalue weighted by Crippen LogP contribution is 2.24. The molecule has 0 spiro atoms. The van der Waals surface area contributed by atoms with E-state index in [0.717, 1.165) is 15.8 Å². The van der Waals surface area contributed by atoms with Gasteiger partial charge in [-0.15, -0.1) is 0 Å². The fraction of sp³-hybridized carbons (Fsp3) is 0.231. The second-order valence-electron chi connectivity index (χ2n) is 3.96. The fourth-order valence-electron chi connectivity index (χ4n) is 1.73. The molecule has 0 amide bonds. The largest absolute Gasteiger partial charge is 0.496 e. The molecule has 0 fully saturated rings.